The zero-order valence-corrected chi connectivity index (χ0v) is 11.1. The minimum atomic E-state index is 0. The summed E-state index contributed by atoms with van der Waals surface area (Å²) in [5, 5.41) is 25.0. The monoisotopic (exact) mass is 208 g/mol. The molecule has 0 aliphatic heterocycles. The zero-order valence-electron chi connectivity index (χ0n) is 6.11. The molecule has 0 aliphatic rings. The van der Waals surface area contributed by atoms with Gasteiger partial charge < -0.3 is 47.3 Å². The van der Waals surface area contributed by atoms with Gasteiger partial charge in [-0.15, -0.1) is 0 Å². The molecule has 0 radical (unpaired) electrons. The molecule has 0 bridgehead atoms. The van der Waals surface area contributed by atoms with E-state index < -0.39 is 0 Å². The van der Waals surface area contributed by atoms with Crippen LogP contribution >= 0.6 is 0 Å². The van der Waals surface area contributed by atoms with E-state index in [2.05, 4.69) is 0 Å². The van der Waals surface area contributed by atoms with Crippen molar-refractivity contribution < 1.29 is 75.6 Å². The Kier molecular flexibility index (Phi) is 26100. The zero-order chi connectivity index (χ0) is 8.00. The molecule has 0 amide bonds. The molecular weight excluding hydrogens is 209 g/mol. The summed E-state index contributed by atoms with van der Waals surface area (Å²) in [6.07, 6.45) is 0. The Hall–Kier alpha value is 0.454. The molecule has 0 heterocycles. The third-order valence-corrected chi connectivity index (χ3v) is 0. The smallest absolute Gasteiger partial charge is 0.512 e. The topological polar surface area (TPSA) is 95.2 Å². The second-order valence-corrected chi connectivity index (χ2v) is 0. The van der Waals surface area contributed by atoms with Gasteiger partial charge in [-0.3, -0.25) is 0 Å². The molecule has 0 spiro atoms. The van der Waals surface area contributed by atoms with Crippen LogP contribution in [0.1, 0.15) is 0 Å². The van der Waals surface area contributed by atoms with Crippen LogP contribution in [0.15, 0.2) is 0 Å². The van der Waals surface area contributed by atoms with Gasteiger partial charge in [-0.05, 0) is 0 Å². The third kappa shape index (κ3) is 3630. The van der Waals surface area contributed by atoms with Crippen LogP contribution in [-0.4, -0.2) is 0 Å². The van der Waals surface area contributed by atoms with Gasteiger partial charge in [0.1, 0.15) is 0 Å². The quantitative estimate of drug-likeness (QED) is 0.293. The minimum absolute atomic E-state index is 0. The molecule has 7 heteroatoms. The maximum atomic E-state index is 6.25. The first-order valence-electron chi connectivity index (χ1n) is 0.894. The van der Waals surface area contributed by atoms with Crippen LogP contribution in [0.3, 0.4) is 0 Å². The summed E-state index contributed by atoms with van der Waals surface area (Å²) in [5.41, 5.74) is 0. The largest absolute Gasteiger partial charge is 2.00 e. The molecule has 0 aromatic carbocycles. The molecule has 11 heavy (non-hydrogen) atoms. The van der Waals surface area contributed by atoms with Gasteiger partial charge in [0.05, 0.1) is 0 Å². The first-order chi connectivity index (χ1) is 4.00. The SMILES string of the molecule is [C-]#N.[C-]#N.[C-]#N.[C-]#N.[Na+].[Na+].[Ni+2]. The number of hydrogen-bond donors (Lipinski definition) is 0. The minimum Gasteiger partial charge on any atom is -0.512 e. The maximum Gasteiger partial charge on any atom is 2.00 e. The van der Waals surface area contributed by atoms with E-state index in [9.17, 15) is 0 Å². The Labute approximate surface area is 121 Å². The van der Waals surface area contributed by atoms with Crippen molar-refractivity contribution in [3.8, 4) is 0 Å². The summed E-state index contributed by atoms with van der Waals surface area (Å²) in [7, 11) is 0. The van der Waals surface area contributed by atoms with Gasteiger partial charge >= 0.3 is 75.6 Å². The summed E-state index contributed by atoms with van der Waals surface area (Å²) in [5.74, 6) is 0. The molecule has 0 saturated carbocycles. The van der Waals surface area contributed by atoms with Crippen molar-refractivity contribution in [3.63, 3.8) is 0 Å². The third-order valence-electron chi connectivity index (χ3n) is 0. The summed E-state index contributed by atoms with van der Waals surface area (Å²) in [4.78, 5) is 0. The van der Waals surface area contributed by atoms with Crippen molar-refractivity contribution in [2.24, 2.45) is 0 Å². The van der Waals surface area contributed by atoms with E-state index in [4.69, 9.17) is 47.3 Å². The average molecular weight is 209 g/mol. The molecule has 0 aromatic rings. The fourth-order valence-corrected chi connectivity index (χ4v) is 0. The molecular formula is C4N4Na2Ni. The van der Waals surface area contributed by atoms with Gasteiger partial charge in [0, 0.05) is 0 Å². The van der Waals surface area contributed by atoms with Crippen molar-refractivity contribution in [2.45, 2.75) is 0 Å². The maximum absolute atomic E-state index is 6.25. The van der Waals surface area contributed by atoms with Gasteiger partial charge in [-0.25, -0.2) is 0 Å². The van der Waals surface area contributed by atoms with Gasteiger partial charge in [-0.1, -0.05) is 0 Å². The summed E-state index contributed by atoms with van der Waals surface area (Å²) < 4.78 is 0. The molecule has 0 atom stereocenters. The van der Waals surface area contributed by atoms with E-state index in [-0.39, 0.29) is 75.6 Å². The van der Waals surface area contributed by atoms with Crippen molar-refractivity contribution in [3.05, 3.63) is 26.3 Å². The van der Waals surface area contributed by atoms with E-state index in [0.29, 0.717) is 0 Å². The van der Waals surface area contributed by atoms with Crippen LogP contribution in [0.25, 0.3) is 0 Å². The van der Waals surface area contributed by atoms with Crippen LogP contribution in [0.5, 0.6) is 0 Å². The molecule has 0 aromatic heterocycles. The average Bonchev–Trinajstić information content (AvgIpc) is 2.03. The summed E-state index contributed by atoms with van der Waals surface area (Å²) in [6.45, 7) is 19.0. The van der Waals surface area contributed by atoms with E-state index in [1.165, 1.54) is 0 Å². The Morgan fingerprint density at radius 2 is 0.455 bits per heavy atom. The molecule has 0 fully saturated rings. The molecule has 0 saturated heterocycles. The van der Waals surface area contributed by atoms with Crippen LogP contribution in [0.2, 0.25) is 0 Å². The predicted octanol–water partition coefficient (Wildman–Crippen LogP) is -5.61. The van der Waals surface area contributed by atoms with Crippen LogP contribution in [0.4, 0.5) is 0 Å². The van der Waals surface area contributed by atoms with Crippen LogP contribution < -0.4 is 59.1 Å². The van der Waals surface area contributed by atoms with Gasteiger partial charge in [0.2, 0.25) is 0 Å². The van der Waals surface area contributed by atoms with Crippen molar-refractivity contribution in [1.82, 2.24) is 0 Å². The second-order valence-electron chi connectivity index (χ2n) is 0. The molecule has 0 N–H and O–H groups in total. The molecule has 0 unspecified atom stereocenters. The molecule has 48 valence electrons. The molecule has 0 aliphatic carbocycles. The summed E-state index contributed by atoms with van der Waals surface area (Å²) in [6, 6.07) is 0. The Morgan fingerprint density at radius 1 is 0.455 bits per heavy atom. The van der Waals surface area contributed by atoms with Crippen molar-refractivity contribution in [1.29, 1.82) is 21.0 Å². The van der Waals surface area contributed by atoms with Crippen LogP contribution in [-0.2, 0) is 16.5 Å². The first-order valence-corrected chi connectivity index (χ1v) is 0.894. The Balaban J connectivity index is -0.00000000356. The molecule has 0 rings (SSSR count). The first kappa shape index (κ1) is 63.1. The predicted molar refractivity (Wildman–Crippen MR) is 19.9 cm³/mol. The normalized spacial score (nSPS) is 0.727. The standard InChI is InChI=1S/4CN.2Na.Ni/c4*1-2;;;/q4*-1;2*+1;+2. The van der Waals surface area contributed by atoms with Crippen molar-refractivity contribution >= 4 is 0 Å². The second kappa shape index (κ2) is 4540. The van der Waals surface area contributed by atoms with Gasteiger partial charge in [0.25, 0.3) is 0 Å². The van der Waals surface area contributed by atoms with Crippen molar-refractivity contribution in [2.75, 3.05) is 0 Å². The summed E-state index contributed by atoms with van der Waals surface area (Å²) >= 11 is 0. The van der Waals surface area contributed by atoms with E-state index in [0.717, 1.165) is 0 Å². The molecule has 4 nitrogen and oxygen atoms in total. The Bertz CT molecular complexity index is 63.1. The number of rotatable bonds is 0. The van der Waals surface area contributed by atoms with E-state index in [1.54, 1.807) is 0 Å². The van der Waals surface area contributed by atoms with E-state index >= 15 is 0 Å². The van der Waals surface area contributed by atoms with Gasteiger partial charge in [-0.2, -0.15) is 0 Å². The van der Waals surface area contributed by atoms with Crippen LogP contribution in [0, 0.1) is 47.3 Å². The fourth-order valence-electron chi connectivity index (χ4n) is 0. The number of hydrogen-bond acceptors (Lipinski definition) is 4. The fraction of sp³-hybridized carbons (Fsp3) is 0. The Morgan fingerprint density at radius 3 is 0.455 bits per heavy atom. The number of nitrogens with zero attached hydrogens (tertiary/aromatic N) is 4. The van der Waals surface area contributed by atoms with Gasteiger partial charge in [0.15, 0.2) is 0 Å². The van der Waals surface area contributed by atoms with E-state index in [1.807, 2.05) is 0 Å².